The van der Waals surface area contributed by atoms with Gasteiger partial charge in [0.1, 0.15) is 4.88 Å². The summed E-state index contributed by atoms with van der Waals surface area (Å²) in [5.41, 5.74) is 6.82. The summed E-state index contributed by atoms with van der Waals surface area (Å²) in [6.45, 7) is 6.11. The number of likely N-dealkylation sites (tertiary alicyclic amines) is 1. The Balaban J connectivity index is 1.94. The smallest absolute Gasteiger partial charge is 0.266 e. The van der Waals surface area contributed by atoms with Crippen LogP contribution in [0.1, 0.15) is 29.9 Å². The third-order valence-electron chi connectivity index (χ3n) is 3.98. The number of hydrogen-bond acceptors (Lipinski definition) is 3. The third kappa shape index (κ3) is 2.29. The molecule has 1 fully saturated rings. The second-order valence-electron chi connectivity index (χ2n) is 6.00. The molecule has 2 N–H and O–H groups in total. The van der Waals surface area contributed by atoms with E-state index in [4.69, 9.17) is 5.73 Å². The first-order chi connectivity index (χ1) is 9.56. The normalized spacial score (nSPS) is 23.2. The number of carbonyl (C=O) groups is 1. The molecule has 2 aromatic rings. The molecule has 0 aliphatic carbocycles. The Labute approximate surface area is 123 Å². The van der Waals surface area contributed by atoms with Gasteiger partial charge in [0.15, 0.2) is 0 Å². The molecule has 1 aromatic heterocycles. The summed E-state index contributed by atoms with van der Waals surface area (Å²) in [4.78, 5) is 15.4. The first kappa shape index (κ1) is 13.4. The van der Waals surface area contributed by atoms with E-state index in [2.05, 4.69) is 13.8 Å². The Morgan fingerprint density at radius 1 is 1.25 bits per heavy atom. The van der Waals surface area contributed by atoms with Crippen LogP contribution in [-0.4, -0.2) is 23.9 Å². The van der Waals surface area contributed by atoms with Gasteiger partial charge in [-0.05, 0) is 24.3 Å². The number of thiophene rings is 1. The van der Waals surface area contributed by atoms with Gasteiger partial charge in [-0.3, -0.25) is 4.79 Å². The molecule has 4 heteroatoms. The molecule has 0 radical (unpaired) electrons. The second kappa shape index (κ2) is 5.09. The average Bonchev–Trinajstić information content (AvgIpc) is 2.75. The standard InChI is InChI=1S/C16H20N2OS/c1-10-7-11(2)9-18(8-10)16(19)15-14(17)12-5-3-4-6-13(12)20-15/h3-6,10-11H,7-9,17H2,1-2H3. The van der Waals surface area contributed by atoms with Crippen LogP contribution < -0.4 is 5.73 Å². The van der Waals surface area contributed by atoms with Crippen molar-refractivity contribution in [2.24, 2.45) is 11.8 Å². The molecule has 20 heavy (non-hydrogen) atoms. The fourth-order valence-corrected chi connectivity index (χ4v) is 4.29. The molecule has 1 saturated heterocycles. The van der Waals surface area contributed by atoms with E-state index in [9.17, 15) is 4.79 Å². The molecule has 1 aliphatic rings. The van der Waals surface area contributed by atoms with Gasteiger partial charge in [0, 0.05) is 23.2 Å². The third-order valence-corrected chi connectivity index (χ3v) is 5.16. The fraction of sp³-hybridized carbons (Fsp3) is 0.438. The molecule has 2 atom stereocenters. The number of fused-ring (bicyclic) bond motifs is 1. The lowest BCUT2D eigenvalue weighted by atomic mass is 9.92. The summed E-state index contributed by atoms with van der Waals surface area (Å²) < 4.78 is 1.09. The van der Waals surface area contributed by atoms with Crippen molar-refractivity contribution in [3.05, 3.63) is 29.1 Å². The predicted molar refractivity (Wildman–Crippen MR) is 85.1 cm³/mol. The molecule has 1 aromatic carbocycles. The number of rotatable bonds is 1. The van der Waals surface area contributed by atoms with Crippen molar-refractivity contribution in [3.8, 4) is 0 Å². The van der Waals surface area contributed by atoms with Crippen molar-refractivity contribution in [2.45, 2.75) is 20.3 Å². The van der Waals surface area contributed by atoms with Gasteiger partial charge in [-0.15, -0.1) is 11.3 Å². The maximum absolute atomic E-state index is 12.7. The highest BCUT2D eigenvalue weighted by Gasteiger charge is 2.28. The second-order valence-corrected chi connectivity index (χ2v) is 7.05. The van der Waals surface area contributed by atoms with Crippen LogP contribution in [0.15, 0.2) is 24.3 Å². The van der Waals surface area contributed by atoms with E-state index in [0.29, 0.717) is 22.4 Å². The number of amides is 1. The minimum Gasteiger partial charge on any atom is -0.397 e. The summed E-state index contributed by atoms with van der Waals surface area (Å²) in [6.07, 6.45) is 1.20. The van der Waals surface area contributed by atoms with Crippen molar-refractivity contribution in [3.63, 3.8) is 0 Å². The lowest BCUT2D eigenvalue weighted by Crippen LogP contribution is -2.42. The summed E-state index contributed by atoms with van der Waals surface area (Å²) in [5.74, 6) is 1.23. The maximum atomic E-state index is 12.7. The van der Waals surface area contributed by atoms with Crippen LogP contribution in [0.3, 0.4) is 0 Å². The van der Waals surface area contributed by atoms with Crippen LogP contribution >= 0.6 is 11.3 Å². The van der Waals surface area contributed by atoms with E-state index in [1.165, 1.54) is 17.8 Å². The molecule has 1 amide bonds. The summed E-state index contributed by atoms with van der Waals surface area (Å²) in [5, 5.41) is 0.999. The Bertz CT molecular complexity index is 639. The quantitative estimate of drug-likeness (QED) is 0.871. The van der Waals surface area contributed by atoms with E-state index in [-0.39, 0.29) is 5.91 Å². The van der Waals surface area contributed by atoms with Gasteiger partial charge < -0.3 is 10.6 Å². The Hall–Kier alpha value is -1.55. The number of nitrogens with zero attached hydrogens (tertiary/aromatic N) is 1. The van der Waals surface area contributed by atoms with Crippen molar-refractivity contribution < 1.29 is 4.79 Å². The molecular weight excluding hydrogens is 268 g/mol. The average molecular weight is 288 g/mol. The highest BCUT2D eigenvalue weighted by Crippen LogP contribution is 2.35. The van der Waals surface area contributed by atoms with Gasteiger partial charge in [0.05, 0.1) is 5.69 Å². The highest BCUT2D eigenvalue weighted by molar-refractivity contribution is 7.21. The van der Waals surface area contributed by atoms with Crippen LogP contribution in [0.25, 0.3) is 10.1 Å². The molecule has 0 saturated carbocycles. The van der Waals surface area contributed by atoms with E-state index in [1.54, 1.807) is 0 Å². The fourth-order valence-electron chi connectivity index (χ4n) is 3.20. The monoisotopic (exact) mass is 288 g/mol. The van der Waals surface area contributed by atoms with Gasteiger partial charge in [-0.1, -0.05) is 32.0 Å². The van der Waals surface area contributed by atoms with E-state index >= 15 is 0 Å². The van der Waals surface area contributed by atoms with Crippen LogP contribution in [0.2, 0.25) is 0 Å². The summed E-state index contributed by atoms with van der Waals surface area (Å²) in [7, 11) is 0. The van der Waals surface area contributed by atoms with Gasteiger partial charge >= 0.3 is 0 Å². The van der Waals surface area contributed by atoms with Gasteiger partial charge in [-0.25, -0.2) is 0 Å². The molecule has 106 valence electrons. The van der Waals surface area contributed by atoms with Crippen molar-refractivity contribution in [1.29, 1.82) is 0 Å². The Morgan fingerprint density at radius 2 is 1.90 bits per heavy atom. The van der Waals surface area contributed by atoms with Gasteiger partial charge in [0.25, 0.3) is 5.91 Å². The molecule has 0 spiro atoms. The number of benzene rings is 1. The number of carbonyl (C=O) groups excluding carboxylic acids is 1. The molecule has 2 unspecified atom stereocenters. The Morgan fingerprint density at radius 3 is 2.55 bits per heavy atom. The zero-order chi connectivity index (χ0) is 14.3. The van der Waals surface area contributed by atoms with Crippen molar-refractivity contribution in [1.82, 2.24) is 4.90 Å². The van der Waals surface area contributed by atoms with Gasteiger partial charge in [0.2, 0.25) is 0 Å². The zero-order valence-electron chi connectivity index (χ0n) is 11.9. The molecule has 3 nitrogen and oxygen atoms in total. The SMILES string of the molecule is CC1CC(C)CN(C(=O)c2sc3ccccc3c2N)C1. The van der Waals surface area contributed by atoms with Crippen LogP contribution in [0.4, 0.5) is 5.69 Å². The van der Waals surface area contributed by atoms with Crippen molar-refractivity contribution >= 4 is 33.0 Å². The Kier molecular flexibility index (Phi) is 3.42. The molecule has 2 heterocycles. The van der Waals surface area contributed by atoms with Crippen molar-refractivity contribution in [2.75, 3.05) is 18.8 Å². The molecule has 0 bridgehead atoms. The predicted octanol–water partition coefficient (Wildman–Crippen LogP) is 3.60. The van der Waals surface area contributed by atoms with Gasteiger partial charge in [-0.2, -0.15) is 0 Å². The maximum Gasteiger partial charge on any atom is 0.266 e. The zero-order valence-corrected chi connectivity index (χ0v) is 12.7. The first-order valence-corrected chi connectivity index (χ1v) is 7.94. The molecular formula is C16H20N2OS. The first-order valence-electron chi connectivity index (χ1n) is 7.12. The molecule has 3 rings (SSSR count). The lowest BCUT2D eigenvalue weighted by molar-refractivity contribution is 0.0629. The highest BCUT2D eigenvalue weighted by atomic mass is 32.1. The minimum atomic E-state index is 0.0992. The van der Waals surface area contributed by atoms with E-state index in [0.717, 1.165) is 23.2 Å². The number of anilines is 1. The largest absolute Gasteiger partial charge is 0.397 e. The summed E-state index contributed by atoms with van der Waals surface area (Å²) >= 11 is 1.51. The number of nitrogens with two attached hydrogens (primary N) is 1. The van der Waals surface area contributed by atoms with Crippen LogP contribution in [0.5, 0.6) is 0 Å². The number of nitrogen functional groups attached to an aromatic ring is 1. The van der Waals surface area contributed by atoms with E-state index in [1.807, 2.05) is 29.2 Å². The van der Waals surface area contributed by atoms with Crippen LogP contribution in [0, 0.1) is 11.8 Å². The topological polar surface area (TPSA) is 46.3 Å². The lowest BCUT2D eigenvalue weighted by Gasteiger charge is -2.34. The van der Waals surface area contributed by atoms with Crippen LogP contribution in [-0.2, 0) is 0 Å². The molecule has 1 aliphatic heterocycles. The minimum absolute atomic E-state index is 0.0992. The number of hydrogen-bond donors (Lipinski definition) is 1. The van der Waals surface area contributed by atoms with E-state index < -0.39 is 0 Å². The summed E-state index contributed by atoms with van der Waals surface area (Å²) in [6, 6.07) is 7.95. The number of piperidine rings is 1.